The summed E-state index contributed by atoms with van der Waals surface area (Å²) in [5.74, 6) is -2.07. The van der Waals surface area contributed by atoms with Crippen LogP contribution in [0.15, 0.2) is 24.3 Å². The normalized spacial score (nSPS) is 18.1. The average Bonchev–Trinajstić information content (AvgIpc) is 2.53. The van der Waals surface area contributed by atoms with E-state index in [2.05, 4.69) is 0 Å². The number of piperidine rings is 1. The summed E-state index contributed by atoms with van der Waals surface area (Å²) in [7, 11) is 1.28. The first-order chi connectivity index (χ1) is 10.1. The van der Waals surface area contributed by atoms with Crippen molar-refractivity contribution in [3.63, 3.8) is 0 Å². The summed E-state index contributed by atoms with van der Waals surface area (Å²) < 4.78 is 4.73. The Morgan fingerprint density at radius 3 is 2.48 bits per heavy atom. The Hall–Kier alpha value is -2.37. The summed E-state index contributed by atoms with van der Waals surface area (Å²) in [5.41, 5.74) is 0.0393. The largest absolute Gasteiger partial charge is 0.478 e. The Morgan fingerprint density at radius 1 is 1.19 bits per heavy atom. The molecule has 1 N–H and O–H groups in total. The number of carbonyl (C=O) groups excluding carboxylic acids is 2. The Morgan fingerprint density at radius 2 is 1.86 bits per heavy atom. The predicted octanol–water partition coefficient (Wildman–Crippen LogP) is 1.55. The van der Waals surface area contributed by atoms with Gasteiger partial charge in [-0.3, -0.25) is 4.79 Å². The van der Waals surface area contributed by atoms with E-state index in [1.165, 1.54) is 24.1 Å². The highest BCUT2D eigenvalue weighted by molar-refractivity contribution is 6.05. The molecule has 1 unspecified atom stereocenters. The number of rotatable bonds is 3. The molecule has 6 nitrogen and oxygen atoms in total. The number of amides is 1. The molecular formula is C15H17NO5. The van der Waals surface area contributed by atoms with Crippen LogP contribution in [0.3, 0.4) is 0 Å². The van der Waals surface area contributed by atoms with Gasteiger partial charge in [0.2, 0.25) is 0 Å². The number of benzene rings is 1. The molecule has 0 spiro atoms. The van der Waals surface area contributed by atoms with Gasteiger partial charge in [-0.2, -0.15) is 0 Å². The van der Waals surface area contributed by atoms with Crippen LogP contribution in [0.25, 0.3) is 0 Å². The maximum absolute atomic E-state index is 12.6. The van der Waals surface area contributed by atoms with Crippen molar-refractivity contribution in [2.24, 2.45) is 0 Å². The van der Waals surface area contributed by atoms with Gasteiger partial charge in [0.15, 0.2) is 0 Å². The lowest BCUT2D eigenvalue weighted by Crippen LogP contribution is -2.48. The van der Waals surface area contributed by atoms with Crippen molar-refractivity contribution in [2.75, 3.05) is 13.7 Å². The van der Waals surface area contributed by atoms with Gasteiger partial charge in [-0.15, -0.1) is 0 Å². The van der Waals surface area contributed by atoms with E-state index in [4.69, 9.17) is 4.74 Å². The van der Waals surface area contributed by atoms with Gasteiger partial charge in [0.1, 0.15) is 6.04 Å². The molecule has 0 radical (unpaired) electrons. The molecule has 0 aromatic heterocycles. The van der Waals surface area contributed by atoms with Crippen molar-refractivity contribution in [3.05, 3.63) is 35.4 Å². The molecule has 1 saturated heterocycles. The van der Waals surface area contributed by atoms with E-state index in [-0.39, 0.29) is 11.1 Å². The number of likely N-dealkylation sites (tertiary alicyclic amines) is 1. The van der Waals surface area contributed by atoms with Crippen LogP contribution in [0.2, 0.25) is 0 Å². The number of ether oxygens (including phenoxy) is 1. The highest BCUT2D eigenvalue weighted by Gasteiger charge is 2.34. The van der Waals surface area contributed by atoms with Crippen molar-refractivity contribution >= 4 is 17.8 Å². The number of carbonyl (C=O) groups is 3. The number of methoxy groups -OCH3 is 1. The number of hydrogen-bond acceptors (Lipinski definition) is 4. The first kappa shape index (κ1) is 15.0. The van der Waals surface area contributed by atoms with Crippen LogP contribution >= 0.6 is 0 Å². The first-order valence-electron chi connectivity index (χ1n) is 6.77. The SMILES string of the molecule is COC(=O)C1CCCCN1C(=O)c1ccccc1C(=O)O. The average molecular weight is 291 g/mol. The Kier molecular flexibility index (Phi) is 4.57. The minimum absolute atomic E-state index is 0.0586. The van der Waals surface area contributed by atoms with E-state index in [0.29, 0.717) is 13.0 Å². The number of carboxylic acid groups (broad SMARTS) is 1. The van der Waals surface area contributed by atoms with Gasteiger partial charge < -0.3 is 14.7 Å². The van der Waals surface area contributed by atoms with Crippen LogP contribution in [-0.2, 0) is 9.53 Å². The molecular weight excluding hydrogens is 274 g/mol. The smallest absolute Gasteiger partial charge is 0.336 e. The van der Waals surface area contributed by atoms with Crippen LogP contribution in [-0.4, -0.2) is 47.5 Å². The molecule has 1 atom stereocenters. The van der Waals surface area contributed by atoms with Crippen LogP contribution < -0.4 is 0 Å². The van der Waals surface area contributed by atoms with Gasteiger partial charge in [0.05, 0.1) is 18.2 Å². The molecule has 1 aliphatic rings. The van der Waals surface area contributed by atoms with Crippen molar-refractivity contribution in [1.29, 1.82) is 0 Å². The molecule has 1 aromatic rings. The number of carboxylic acids is 1. The second-order valence-electron chi connectivity index (χ2n) is 4.88. The maximum Gasteiger partial charge on any atom is 0.336 e. The summed E-state index contributed by atoms with van der Waals surface area (Å²) in [6, 6.07) is 5.38. The molecule has 0 bridgehead atoms. The first-order valence-corrected chi connectivity index (χ1v) is 6.77. The van der Waals surface area contributed by atoms with Crippen molar-refractivity contribution in [1.82, 2.24) is 4.90 Å². The fourth-order valence-corrected chi connectivity index (χ4v) is 2.57. The highest BCUT2D eigenvalue weighted by Crippen LogP contribution is 2.22. The highest BCUT2D eigenvalue weighted by atomic mass is 16.5. The van der Waals surface area contributed by atoms with Gasteiger partial charge in [0, 0.05) is 6.54 Å². The van der Waals surface area contributed by atoms with Gasteiger partial charge in [-0.05, 0) is 31.4 Å². The van der Waals surface area contributed by atoms with Crippen LogP contribution in [0, 0.1) is 0 Å². The molecule has 0 saturated carbocycles. The third-order valence-electron chi connectivity index (χ3n) is 3.62. The fourth-order valence-electron chi connectivity index (χ4n) is 2.57. The zero-order valence-corrected chi connectivity index (χ0v) is 11.7. The molecule has 1 aromatic carbocycles. The molecule has 1 heterocycles. The molecule has 2 rings (SSSR count). The lowest BCUT2D eigenvalue weighted by atomic mass is 9.99. The Balaban J connectivity index is 2.33. The lowest BCUT2D eigenvalue weighted by molar-refractivity contribution is -0.147. The number of nitrogens with zero attached hydrogens (tertiary/aromatic N) is 1. The fraction of sp³-hybridized carbons (Fsp3) is 0.400. The van der Waals surface area contributed by atoms with Gasteiger partial charge >= 0.3 is 11.9 Å². The lowest BCUT2D eigenvalue weighted by Gasteiger charge is -2.34. The second kappa shape index (κ2) is 6.39. The van der Waals surface area contributed by atoms with Crippen molar-refractivity contribution < 1.29 is 24.2 Å². The number of hydrogen-bond donors (Lipinski definition) is 1. The monoisotopic (exact) mass is 291 g/mol. The zero-order chi connectivity index (χ0) is 15.4. The maximum atomic E-state index is 12.6. The van der Waals surface area contributed by atoms with E-state index in [1.54, 1.807) is 12.1 Å². The molecule has 112 valence electrons. The molecule has 6 heteroatoms. The van der Waals surface area contributed by atoms with E-state index < -0.39 is 23.9 Å². The summed E-state index contributed by atoms with van der Waals surface area (Å²) >= 11 is 0. The van der Waals surface area contributed by atoms with E-state index in [0.717, 1.165) is 12.8 Å². The topological polar surface area (TPSA) is 83.9 Å². The summed E-state index contributed by atoms with van der Waals surface area (Å²) in [4.78, 5) is 37.0. The van der Waals surface area contributed by atoms with Gasteiger partial charge in [-0.1, -0.05) is 12.1 Å². The van der Waals surface area contributed by atoms with Crippen molar-refractivity contribution in [3.8, 4) is 0 Å². The molecule has 1 aliphatic heterocycles. The number of aromatic carboxylic acids is 1. The number of esters is 1. The summed E-state index contributed by atoms with van der Waals surface area (Å²) in [5, 5.41) is 9.17. The minimum atomic E-state index is -1.16. The Bertz CT molecular complexity index is 569. The molecule has 0 aliphatic carbocycles. The molecule has 1 amide bonds. The second-order valence-corrected chi connectivity index (χ2v) is 4.88. The van der Waals surface area contributed by atoms with Crippen LogP contribution in [0.5, 0.6) is 0 Å². The van der Waals surface area contributed by atoms with Crippen LogP contribution in [0.4, 0.5) is 0 Å². The third kappa shape index (κ3) is 3.04. The van der Waals surface area contributed by atoms with E-state index in [9.17, 15) is 19.5 Å². The van der Waals surface area contributed by atoms with Gasteiger partial charge in [-0.25, -0.2) is 9.59 Å². The minimum Gasteiger partial charge on any atom is -0.478 e. The zero-order valence-electron chi connectivity index (χ0n) is 11.7. The third-order valence-corrected chi connectivity index (χ3v) is 3.62. The Labute approximate surface area is 122 Å². The molecule has 1 fully saturated rings. The van der Waals surface area contributed by atoms with E-state index >= 15 is 0 Å². The van der Waals surface area contributed by atoms with Crippen LogP contribution in [0.1, 0.15) is 40.0 Å². The van der Waals surface area contributed by atoms with E-state index in [1.807, 2.05) is 0 Å². The quantitative estimate of drug-likeness (QED) is 0.854. The summed E-state index contributed by atoms with van der Waals surface area (Å²) in [6.07, 6.45) is 2.16. The van der Waals surface area contributed by atoms with Gasteiger partial charge in [0.25, 0.3) is 5.91 Å². The summed E-state index contributed by atoms with van der Waals surface area (Å²) in [6.45, 7) is 0.423. The predicted molar refractivity (Wildman–Crippen MR) is 74.1 cm³/mol. The van der Waals surface area contributed by atoms with Crippen molar-refractivity contribution in [2.45, 2.75) is 25.3 Å². The molecule has 21 heavy (non-hydrogen) atoms. The standard InChI is InChI=1S/C15H17NO5/c1-21-15(20)12-8-4-5-9-16(12)13(17)10-6-2-3-7-11(10)14(18)19/h2-3,6-7,12H,4-5,8-9H2,1H3,(H,18,19).